The van der Waals surface area contributed by atoms with Gasteiger partial charge in [-0.2, -0.15) is 0 Å². The normalized spacial score (nSPS) is 15.8. The van der Waals surface area contributed by atoms with Gasteiger partial charge in [-0.05, 0) is 25.5 Å². The summed E-state index contributed by atoms with van der Waals surface area (Å²) in [7, 11) is 0. The molecule has 1 atom stereocenters. The second-order valence-electron chi connectivity index (χ2n) is 7.10. The van der Waals surface area contributed by atoms with E-state index in [1.54, 1.807) is 18.5 Å². The average molecular weight is 460 g/mol. The van der Waals surface area contributed by atoms with Crippen LogP contribution in [0, 0.1) is 6.92 Å². The van der Waals surface area contributed by atoms with Crippen LogP contribution in [0.2, 0.25) is 5.02 Å². The number of para-hydroxylation sites is 1. The number of thiazole rings is 1. The van der Waals surface area contributed by atoms with E-state index >= 15 is 0 Å². The molecule has 0 unspecified atom stereocenters. The number of carbonyl (C=O) groups is 1. The molecule has 8 nitrogen and oxygen atoms in total. The molecule has 3 aromatic rings. The molecule has 0 saturated carbocycles. The third kappa shape index (κ3) is 5.49. The van der Waals surface area contributed by atoms with Gasteiger partial charge in [-0.3, -0.25) is 9.78 Å². The Bertz CT molecular complexity index is 1040. The van der Waals surface area contributed by atoms with Gasteiger partial charge in [0.2, 0.25) is 0 Å². The quantitative estimate of drug-likeness (QED) is 0.522. The highest BCUT2D eigenvalue weighted by atomic mass is 35.5. The zero-order chi connectivity index (χ0) is 21.1. The number of hydrogen-bond acceptors (Lipinski definition) is 8. The highest BCUT2D eigenvalue weighted by Crippen LogP contribution is 2.28. The van der Waals surface area contributed by atoms with Crippen LogP contribution in [0.4, 0.5) is 22.5 Å². The molecular formula is C21H26ClN7OS. The van der Waals surface area contributed by atoms with Gasteiger partial charge in [-0.15, -0.1) is 0 Å². The molecule has 4 rings (SSSR count). The fourth-order valence-electron chi connectivity index (χ4n) is 3.22. The van der Waals surface area contributed by atoms with Crippen molar-refractivity contribution in [2.45, 2.75) is 27.3 Å². The minimum atomic E-state index is -0.258. The summed E-state index contributed by atoms with van der Waals surface area (Å²) in [5.74, 6) is 1.14. The standard InChI is InChI=1S/C20H22ClN7OS.CH4/c1-12-4-3-5-14(21)18(12)27-19(29)15-8-24-20(30-15)26-16-9-22-10-17(25-16)28-7-6-23-13(2)11-28;/h3-5,8-10,13,23H,6-7,11H2,1-2H3,(H,27,29)(H,24,25,26);1H4/t13-;/m0./s1. The van der Waals surface area contributed by atoms with Crippen molar-refractivity contribution in [3.8, 4) is 0 Å². The summed E-state index contributed by atoms with van der Waals surface area (Å²) in [5.41, 5.74) is 1.50. The van der Waals surface area contributed by atoms with E-state index in [0.717, 1.165) is 31.0 Å². The van der Waals surface area contributed by atoms with Crippen LogP contribution < -0.4 is 20.9 Å². The molecule has 0 aliphatic carbocycles. The van der Waals surface area contributed by atoms with Crippen molar-refractivity contribution in [3.63, 3.8) is 0 Å². The summed E-state index contributed by atoms with van der Waals surface area (Å²) in [4.78, 5) is 28.5. The van der Waals surface area contributed by atoms with E-state index < -0.39 is 0 Å². The maximum atomic E-state index is 12.6. The maximum Gasteiger partial charge on any atom is 0.267 e. The average Bonchev–Trinajstić information content (AvgIpc) is 3.19. The number of carbonyl (C=O) groups excluding carboxylic acids is 1. The van der Waals surface area contributed by atoms with Gasteiger partial charge < -0.3 is 20.9 Å². The molecule has 1 amide bonds. The number of aromatic nitrogens is 3. The Morgan fingerprint density at radius 2 is 2.16 bits per heavy atom. The second-order valence-corrected chi connectivity index (χ2v) is 8.54. The first kappa shape index (κ1) is 22.9. The number of nitrogens with one attached hydrogen (secondary N) is 3. The maximum absolute atomic E-state index is 12.6. The summed E-state index contributed by atoms with van der Waals surface area (Å²) in [5, 5.41) is 10.5. The lowest BCUT2D eigenvalue weighted by molar-refractivity contribution is 0.103. The Kier molecular flexibility index (Phi) is 7.42. The molecule has 164 valence electrons. The van der Waals surface area contributed by atoms with E-state index in [0.29, 0.717) is 32.6 Å². The SMILES string of the molecule is C.Cc1cccc(Cl)c1NC(=O)c1cnc(Nc2cncc(N3CCN[C@@H](C)C3)n2)s1. The first-order valence-corrected chi connectivity index (χ1v) is 10.8. The summed E-state index contributed by atoms with van der Waals surface area (Å²) >= 11 is 7.44. The molecular weight excluding hydrogens is 434 g/mol. The van der Waals surface area contributed by atoms with Gasteiger partial charge >= 0.3 is 0 Å². The van der Waals surface area contributed by atoms with Crippen LogP contribution in [-0.4, -0.2) is 46.5 Å². The molecule has 1 aliphatic rings. The predicted octanol–water partition coefficient (Wildman–Crippen LogP) is 4.33. The van der Waals surface area contributed by atoms with Gasteiger partial charge in [-0.25, -0.2) is 9.97 Å². The summed E-state index contributed by atoms with van der Waals surface area (Å²) in [6.07, 6.45) is 4.93. The highest BCUT2D eigenvalue weighted by molar-refractivity contribution is 7.17. The minimum absolute atomic E-state index is 0. The van der Waals surface area contributed by atoms with Crippen molar-refractivity contribution < 1.29 is 4.79 Å². The van der Waals surface area contributed by atoms with Gasteiger partial charge in [-0.1, -0.05) is 42.5 Å². The zero-order valence-corrected chi connectivity index (χ0v) is 18.2. The first-order valence-electron chi connectivity index (χ1n) is 9.59. The van der Waals surface area contributed by atoms with E-state index in [1.165, 1.54) is 17.5 Å². The number of halogens is 1. The number of benzene rings is 1. The number of piperazine rings is 1. The number of rotatable bonds is 5. The number of amides is 1. The molecule has 1 saturated heterocycles. The first-order chi connectivity index (χ1) is 14.5. The third-order valence-electron chi connectivity index (χ3n) is 4.74. The summed E-state index contributed by atoms with van der Waals surface area (Å²) in [6.45, 7) is 6.71. The second kappa shape index (κ2) is 10.0. The molecule has 3 N–H and O–H groups in total. The largest absolute Gasteiger partial charge is 0.352 e. The number of hydrogen-bond donors (Lipinski definition) is 3. The monoisotopic (exact) mass is 459 g/mol. The van der Waals surface area contributed by atoms with Crippen molar-refractivity contribution in [3.05, 3.63) is 52.3 Å². The van der Waals surface area contributed by atoms with Crippen molar-refractivity contribution in [1.29, 1.82) is 0 Å². The summed E-state index contributed by atoms with van der Waals surface area (Å²) in [6, 6.07) is 5.89. The topological polar surface area (TPSA) is 95.1 Å². The van der Waals surface area contributed by atoms with Gasteiger partial charge in [0.25, 0.3) is 5.91 Å². The van der Waals surface area contributed by atoms with Gasteiger partial charge in [0.15, 0.2) is 10.9 Å². The van der Waals surface area contributed by atoms with E-state index in [-0.39, 0.29) is 13.3 Å². The van der Waals surface area contributed by atoms with Crippen LogP contribution in [0.15, 0.2) is 36.8 Å². The van der Waals surface area contributed by atoms with Crippen molar-refractivity contribution >= 4 is 51.3 Å². The van der Waals surface area contributed by atoms with E-state index in [9.17, 15) is 4.79 Å². The Morgan fingerprint density at radius 1 is 1.32 bits per heavy atom. The van der Waals surface area contributed by atoms with Crippen LogP contribution >= 0.6 is 22.9 Å². The lowest BCUT2D eigenvalue weighted by atomic mass is 10.2. The highest BCUT2D eigenvalue weighted by Gasteiger charge is 2.18. The van der Waals surface area contributed by atoms with Crippen LogP contribution in [0.25, 0.3) is 0 Å². The van der Waals surface area contributed by atoms with Crippen LogP contribution in [-0.2, 0) is 0 Å². The molecule has 0 spiro atoms. The lowest BCUT2D eigenvalue weighted by Gasteiger charge is -2.32. The van der Waals surface area contributed by atoms with Crippen LogP contribution in [0.1, 0.15) is 29.6 Å². The van der Waals surface area contributed by atoms with Crippen molar-refractivity contribution in [1.82, 2.24) is 20.3 Å². The fourth-order valence-corrected chi connectivity index (χ4v) is 4.21. The molecule has 1 aliphatic heterocycles. The molecule has 3 heterocycles. The van der Waals surface area contributed by atoms with Gasteiger partial charge in [0.1, 0.15) is 10.7 Å². The molecule has 31 heavy (non-hydrogen) atoms. The van der Waals surface area contributed by atoms with Gasteiger partial charge in [0.05, 0.1) is 29.3 Å². The Labute approximate surface area is 191 Å². The molecule has 1 aromatic carbocycles. The minimum Gasteiger partial charge on any atom is -0.352 e. The predicted molar refractivity (Wildman–Crippen MR) is 128 cm³/mol. The summed E-state index contributed by atoms with van der Waals surface area (Å²) < 4.78 is 0. The Balaban J connectivity index is 0.00000272. The molecule has 10 heteroatoms. The molecule has 0 bridgehead atoms. The Hall–Kier alpha value is -2.75. The molecule has 1 fully saturated rings. The third-order valence-corrected chi connectivity index (χ3v) is 5.97. The molecule has 2 aromatic heterocycles. The van der Waals surface area contributed by atoms with Crippen LogP contribution in [0.5, 0.6) is 0 Å². The number of aryl methyl sites for hydroxylation is 1. The van der Waals surface area contributed by atoms with E-state index in [2.05, 4.69) is 42.7 Å². The van der Waals surface area contributed by atoms with Crippen molar-refractivity contribution in [2.24, 2.45) is 0 Å². The van der Waals surface area contributed by atoms with Crippen molar-refractivity contribution in [2.75, 3.05) is 35.2 Å². The smallest absolute Gasteiger partial charge is 0.267 e. The number of anilines is 4. The fraction of sp³-hybridized carbons (Fsp3) is 0.333. The molecule has 0 radical (unpaired) electrons. The van der Waals surface area contributed by atoms with Crippen LogP contribution in [0.3, 0.4) is 0 Å². The van der Waals surface area contributed by atoms with E-state index in [4.69, 9.17) is 11.6 Å². The number of nitrogens with zero attached hydrogens (tertiary/aromatic N) is 4. The lowest BCUT2D eigenvalue weighted by Crippen LogP contribution is -2.49. The van der Waals surface area contributed by atoms with E-state index in [1.807, 2.05) is 19.1 Å². The zero-order valence-electron chi connectivity index (χ0n) is 16.6. The Morgan fingerprint density at radius 3 is 2.94 bits per heavy atom. The van der Waals surface area contributed by atoms with Gasteiger partial charge in [0, 0.05) is 25.7 Å².